The summed E-state index contributed by atoms with van der Waals surface area (Å²) in [6.45, 7) is 0. The first-order valence-electron chi connectivity index (χ1n) is 9.23. The number of carbonyl (C=O) groups is 1. The molecule has 0 bridgehead atoms. The largest absolute Gasteiger partial charge is 0.324 e. The molecule has 0 aliphatic heterocycles. The van der Waals surface area contributed by atoms with E-state index in [0.29, 0.717) is 5.92 Å². The lowest BCUT2D eigenvalue weighted by Crippen LogP contribution is -2.53. The molecular formula is C22H24ClNO. The van der Waals surface area contributed by atoms with Crippen molar-refractivity contribution in [2.24, 2.45) is 11.7 Å². The summed E-state index contributed by atoms with van der Waals surface area (Å²) in [4.78, 5) is 13.0. The Morgan fingerprint density at radius 3 is 2.36 bits per heavy atom. The minimum Gasteiger partial charge on any atom is -0.324 e. The number of halogens is 1. The summed E-state index contributed by atoms with van der Waals surface area (Å²) in [6.07, 6.45) is 5.77. The zero-order chi connectivity index (χ0) is 17.4. The van der Waals surface area contributed by atoms with Gasteiger partial charge >= 0.3 is 0 Å². The number of Topliss-reactive ketones (excluding diaryl/α,β-unsaturated/α-hetero) is 1. The third-order valence-corrected chi connectivity index (χ3v) is 6.51. The molecule has 1 saturated carbocycles. The van der Waals surface area contributed by atoms with Gasteiger partial charge in [-0.05, 0) is 67.7 Å². The van der Waals surface area contributed by atoms with Gasteiger partial charge in [-0.3, -0.25) is 4.79 Å². The van der Waals surface area contributed by atoms with Crippen molar-refractivity contribution in [3.05, 3.63) is 70.2 Å². The van der Waals surface area contributed by atoms with Crippen LogP contribution in [0.15, 0.2) is 48.5 Å². The molecule has 2 aromatic rings. The van der Waals surface area contributed by atoms with Crippen molar-refractivity contribution >= 4 is 17.4 Å². The van der Waals surface area contributed by atoms with Gasteiger partial charge in [-0.1, -0.05) is 48.0 Å². The molecule has 2 N–H and O–H groups in total. The highest BCUT2D eigenvalue weighted by atomic mass is 35.5. The first-order chi connectivity index (χ1) is 12.1. The van der Waals surface area contributed by atoms with Crippen LogP contribution in [0.1, 0.15) is 59.5 Å². The van der Waals surface area contributed by atoms with E-state index in [4.69, 9.17) is 17.3 Å². The number of carbonyl (C=O) groups excluding carboxylic acids is 1. The fraction of sp³-hybridized carbons (Fsp3) is 0.409. The predicted octanol–water partition coefficient (Wildman–Crippen LogP) is 5.14. The van der Waals surface area contributed by atoms with Crippen LogP contribution in [0.25, 0.3) is 0 Å². The van der Waals surface area contributed by atoms with Gasteiger partial charge in [0.2, 0.25) is 0 Å². The SMILES string of the molecule is NC1(C2CCc3ccccc3C2=O)CCC(c2ccc(Cl)cc2)CC1. The van der Waals surface area contributed by atoms with Crippen LogP contribution < -0.4 is 5.73 Å². The highest BCUT2D eigenvalue weighted by molar-refractivity contribution is 6.30. The molecule has 1 unspecified atom stereocenters. The lowest BCUT2D eigenvalue weighted by atomic mass is 9.64. The molecule has 0 radical (unpaired) electrons. The van der Waals surface area contributed by atoms with Crippen LogP contribution in [0.2, 0.25) is 5.02 Å². The Morgan fingerprint density at radius 1 is 0.960 bits per heavy atom. The molecule has 0 heterocycles. The Bertz CT molecular complexity index is 775. The molecule has 0 saturated heterocycles. The maximum Gasteiger partial charge on any atom is 0.168 e. The molecule has 3 heteroatoms. The van der Waals surface area contributed by atoms with Crippen LogP contribution in [0.5, 0.6) is 0 Å². The van der Waals surface area contributed by atoms with E-state index in [9.17, 15) is 4.79 Å². The van der Waals surface area contributed by atoms with Crippen molar-refractivity contribution in [3.8, 4) is 0 Å². The molecule has 0 spiro atoms. The Kier molecular flexibility index (Phi) is 4.43. The maximum absolute atomic E-state index is 13.0. The molecule has 2 aliphatic rings. The van der Waals surface area contributed by atoms with Crippen molar-refractivity contribution in [3.63, 3.8) is 0 Å². The monoisotopic (exact) mass is 353 g/mol. The van der Waals surface area contributed by atoms with Gasteiger partial charge in [-0.2, -0.15) is 0 Å². The molecule has 0 amide bonds. The standard InChI is InChI=1S/C22H24ClNO/c23-18-8-5-15(6-9-18)16-11-13-22(24,14-12-16)20-10-7-17-3-1-2-4-19(17)21(20)25/h1-6,8-9,16,20H,7,10-14,24H2. The third kappa shape index (κ3) is 3.14. The topological polar surface area (TPSA) is 43.1 Å². The fourth-order valence-corrected chi connectivity index (χ4v) is 4.84. The molecule has 0 aromatic heterocycles. The van der Waals surface area contributed by atoms with E-state index in [1.54, 1.807) is 0 Å². The Hall–Kier alpha value is -1.64. The summed E-state index contributed by atoms with van der Waals surface area (Å²) in [5.41, 5.74) is 9.86. The van der Waals surface area contributed by atoms with Gasteiger partial charge in [0.1, 0.15) is 0 Å². The lowest BCUT2D eigenvalue weighted by Gasteiger charge is -2.44. The number of hydrogen-bond acceptors (Lipinski definition) is 2. The predicted molar refractivity (Wildman–Crippen MR) is 102 cm³/mol. The van der Waals surface area contributed by atoms with Gasteiger partial charge in [0, 0.05) is 22.0 Å². The number of ketones is 1. The summed E-state index contributed by atoms with van der Waals surface area (Å²) in [5, 5.41) is 0.777. The zero-order valence-corrected chi connectivity index (χ0v) is 15.1. The van der Waals surface area contributed by atoms with E-state index in [2.05, 4.69) is 18.2 Å². The number of rotatable bonds is 2. The van der Waals surface area contributed by atoms with Gasteiger partial charge < -0.3 is 5.73 Å². The van der Waals surface area contributed by atoms with E-state index in [-0.39, 0.29) is 17.2 Å². The lowest BCUT2D eigenvalue weighted by molar-refractivity contribution is 0.0767. The maximum atomic E-state index is 13.0. The molecule has 2 nitrogen and oxygen atoms in total. The van der Waals surface area contributed by atoms with Gasteiger partial charge in [0.05, 0.1) is 0 Å². The van der Waals surface area contributed by atoms with Crippen molar-refractivity contribution in [1.29, 1.82) is 0 Å². The van der Waals surface area contributed by atoms with Crippen molar-refractivity contribution in [1.82, 2.24) is 0 Å². The molecular weight excluding hydrogens is 330 g/mol. The van der Waals surface area contributed by atoms with Crippen molar-refractivity contribution < 1.29 is 4.79 Å². The van der Waals surface area contributed by atoms with E-state index < -0.39 is 0 Å². The minimum absolute atomic E-state index is 0.0337. The van der Waals surface area contributed by atoms with Gasteiger partial charge in [-0.25, -0.2) is 0 Å². The Morgan fingerprint density at radius 2 is 1.64 bits per heavy atom. The summed E-state index contributed by atoms with van der Waals surface area (Å²) < 4.78 is 0. The molecule has 2 aromatic carbocycles. The van der Waals surface area contributed by atoms with E-state index in [0.717, 1.165) is 49.1 Å². The van der Waals surface area contributed by atoms with Gasteiger partial charge in [-0.15, -0.1) is 0 Å². The number of benzene rings is 2. The second-order valence-corrected chi connectivity index (χ2v) is 8.11. The van der Waals surface area contributed by atoms with Crippen molar-refractivity contribution in [2.45, 2.75) is 50.0 Å². The average Bonchev–Trinajstić information content (AvgIpc) is 2.63. The van der Waals surface area contributed by atoms with Crippen molar-refractivity contribution in [2.75, 3.05) is 0 Å². The van der Waals surface area contributed by atoms with Crippen LogP contribution in [0.3, 0.4) is 0 Å². The zero-order valence-electron chi connectivity index (χ0n) is 14.4. The molecule has 25 heavy (non-hydrogen) atoms. The number of hydrogen-bond donors (Lipinski definition) is 1. The van der Waals surface area contributed by atoms with Crippen LogP contribution in [0.4, 0.5) is 0 Å². The van der Waals surface area contributed by atoms with E-state index in [1.807, 2.05) is 30.3 Å². The second kappa shape index (κ2) is 6.59. The van der Waals surface area contributed by atoms with Crippen LogP contribution in [-0.4, -0.2) is 11.3 Å². The van der Waals surface area contributed by atoms with E-state index >= 15 is 0 Å². The number of nitrogens with two attached hydrogens (primary N) is 1. The molecule has 2 aliphatic carbocycles. The first-order valence-corrected chi connectivity index (χ1v) is 9.61. The van der Waals surface area contributed by atoms with E-state index in [1.165, 1.54) is 11.1 Å². The molecule has 1 fully saturated rings. The smallest absolute Gasteiger partial charge is 0.168 e. The van der Waals surface area contributed by atoms with Gasteiger partial charge in [0.25, 0.3) is 0 Å². The van der Waals surface area contributed by atoms with Crippen LogP contribution >= 0.6 is 11.6 Å². The molecule has 4 rings (SSSR count). The Labute approximate surface area is 154 Å². The summed E-state index contributed by atoms with van der Waals surface area (Å²) >= 11 is 6.00. The normalized spacial score (nSPS) is 29.3. The second-order valence-electron chi connectivity index (χ2n) is 7.67. The average molecular weight is 354 g/mol. The summed E-state index contributed by atoms with van der Waals surface area (Å²) in [6, 6.07) is 16.2. The Balaban J connectivity index is 1.49. The van der Waals surface area contributed by atoms with Crippen LogP contribution in [-0.2, 0) is 6.42 Å². The van der Waals surface area contributed by atoms with Gasteiger partial charge in [0.15, 0.2) is 5.78 Å². The highest BCUT2D eigenvalue weighted by Gasteiger charge is 2.44. The first kappa shape index (κ1) is 16.8. The third-order valence-electron chi connectivity index (χ3n) is 6.25. The fourth-order valence-electron chi connectivity index (χ4n) is 4.72. The molecule has 1 atom stereocenters. The quantitative estimate of drug-likeness (QED) is 0.812. The summed E-state index contributed by atoms with van der Waals surface area (Å²) in [7, 11) is 0. The number of fused-ring (bicyclic) bond motifs is 1. The highest BCUT2D eigenvalue weighted by Crippen LogP contribution is 2.44. The molecule has 130 valence electrons. The number of aryl methyl sites for hydroxylation is 1. The van der Waals surface area contributed by atoms with Crippen LogP contribution in [0, 0.1) is 5.92 Å². The summed E-state index contributed by atoms with van der Waals surface area (Å²) in [5.74, 6) is 0.753. The minimum atomic E-state index is -0.354.